The van der Waals surface area contributed by atoms with E-state index in [1.54, 1.807) is 18.2 Å². The Morgan fingerprint density at radius 2 is 1.84 bits per heavy atom. The van der Waals surface area contributed by atoms with E-state index in [0.717, 1.165) is 5.56 Å². The first kappa shape index (κ1) is 14.1. The maximum atomic E-state index is 11.5. The molecular formula is C14H13BrO3S. The van der Waals surface area contributed by atoms with Crippen LogP contribution in [0.2, 0.25) is 0 Å². The minimum absolute atomic E-state index is 0.251. The molecule has 2 rings (SSSR count). The summed E-state index contributed by atoms with van der Waals surface area (Å²) in [6, 6.07) is 14.1. The van der Waals surface area contributed by atoms with Crippen molar-refractivity contribution in [2.45, 2.75) is 10.2 Å². The van der Waals surface area contributed by atoms with Gasteiger partial charge in [0.15, 0.2) is 9.84 Å². The van der Waals surface area contributed by atoms with Crippen molar-refractivity contribution < 1.29 is 13.2 Å². The van der Waals surface area contributed by atoms with E-state index in [2.05, 4.69) is 15.9 Å². The second-order valence-corrected chi connectivity index (χ2v) is 6.67. The second kappa shape index (κ2) is 5.75. The third kappa shape index (κ3) is 3.58. The topological polar surface area (TPSA) is 43.4 Å². The highest BCUT2D eigenvalue weighted by molar-refractivity contribution is 9.08. The van der Waals surface area contributed by atoms with Gasteiger partial charge in [0.1, 0.15) is 11.5 Å². The Morgan fingerprint density at radius 3 is 2.53 bits per heavy atom. The quantitative estimate of drug-likeness (QED) is 0.795. The zero-order chi connectivity index (χ0) is 13.9. The van der Waals surface area contributed by atoms with Gasteiger partial charge in [-0.2, -0.15) is 0 Å². The molecule has 0 heterocycles. The van der Waals surface area contributed by atoms with Gasteiger partial charge in [0.25, 0.3) is 0 Å². The van der Waals surface area contributed by atoms with Gasteiger partial charge in [-0.15, -0.1) is 0 Å². The molecule has 0 radical (unpaired) electrons. The molecule has 0 aliphatic heterocycles. The van der Waals surface area contributed by atoms with Crippen LogP contribution in [0.4, 0.5) is 0 Å². The summed E-state index contributed by atoms with van der Waals surface area (Å²) in [6.45, 7) is 0. The molecule has 0 saturated heterocycles. The monoisotopic (exact) mass is 340 g/mol. The third-order valence-corrected chi connectivity index (χ3v) is 4.29. The highest BCUT2D eigenvalue weighted by Gasteiger charge is 2.09. The molecule has 0 saturated carbocycles. The smallest absolute Gasteiger partial charge is 0.175 e. The van der Waals surface area contributed by atoms with Gasteiger partial charge in [0.2, 0.25) is 0 Å². The summed E-state index contributed by atoms with van der Waals surface area (Å²) in [5.41, 5.74) is 1.01. The zero-order valence-corrected chi connectivity index (χ0v) is 12.7. The number of para-hydroxylation sites is 1. The van der Waals surface area contributed by atoms with E-state index in [9.17, 15) is 8.42 Å². The lowest BCUT2D eigenvalue weighted by molar-refractivity contribution is 0.477. The van der Waals surface area contributed by atoms with E-state index in [4.69, 9.17) is 4.74 Å². The maximum Gasteiger partial charge on any atom is 0.175 e. The van der Waals surface area contributed by atoms with Crippen molar-refractivity contribution in [2.24, 2.45) is 0 Å². The predicted octanol–water partition coefficient (Wildman–Crippen LogP) is 3.78. The summed E-state index contributed by atoms with van der Waals surface area (Å²) >= 11 is 3.39. The Hall–Kier alpha value is -1.33. The molecule has 0 aliphatic rings. The number of ether oxygens (including phenoxy) is 1. The van der Waals surface area contributed by atoms with Crippen LogP contribution in [0.15, 0.2) is 53.4 Å². The first-order valence-electron chi connectivity index (χ1n) is 5.62. The Morgan fingerprint density at radius 1 is 1.11 bits per heavy atom. The van der Waals surface area contributed by atoms with E-state index in [1.807, 2.05) is 24.3 Å². The average molecular weight is 341 g/mol. The van der Waals surface area contributed by atoms with E-state index in [-0.39, 0.29) is 4.90 Å². The minimum atomic E-state index is -3.22. The average Bonchev–Trinajstić information content (AvgIpc) is 2.39. The molecule has 0 amide bonds. The number of sulfone groups is 1. The Kier molecular flexibility index (Phi) is 4.27. The Labute approximate surface area is 121 Å². The van der Waals surface area contributed by atoms with Gasteiger partial charge in [-0.1, -0.05) is 40.2 Å². The van der Waals surface area contributed by atoms with Crippen LogP contribution in [0.1, 0.15) is 5.56 Å². The maximum absolute atomic E-state index is 11.5. The van der Waals surface area contributed by atoms with Gasteiger partial charge in [-0.3, -0.25) is 0 Å². The van der Waals surface area contributed by atoms with Gasteiger partial charge in [0, 0.05) is 17.1 Å². The summed E-state index contributed by atoms with van der Waals surface area (Å²) in [5.74, 6) is 1.22. The van der Waals surface area contributed by atoms with Crippen LogP contribution in [-0.2, 0) is 15.2 Å². The van der Waals surface area contributed by atoms with E-state index in [1.165, 1.54) is 12.3 Å². The van der Waals surface area contributed by atoms with Crippen LogP contribution in [0.25, 0.3) is 0 Å². The second-order valence-electron chi connectivity index (χ2n) is 4.09. The minimum Gasteiger partial charge on any atom is -0.457 e. The normalized spacial score (nSPS) is 11.3. The van der Waals surface area contributed by atoms with Crippen LogP contribution in [0, 0.1) is 0 Å². The molecular weight excluding hydrogens is 328 g/mol. The predicted molar refractivity (Wildman–Crippen MR) is 78.7 cm³/mol. The molecule has 0 unspecified atom stereocenters. The van der Waals surface area contributed by atoms with Crippen molar-refractivity contribution >= 4 is 25.8 Å². The van der Waals surface area contributed by atoms with Crippen LogP contribution < -0.4 is 4.74 Å². The van der Waals surface area contributed by atoms with E-state index in [0.29, 0.717) is 16.8 Å². The molecule has 19 heavy (non-hydrogen) atoms. The zero-order valence-electron chi connectivity index (χ0n) is 10.3. The van der Waals surface area contributed by atoms with Gasteiger partial charge >= 0.3 is 0 Å². The molecule has 0 bridgehead atoms. The molecule has 100 valence electrons. The van der Waals surface area contributed by atoms with Crippen molar-refractivity contribution in [1.82, 2.24) is 0 Å². The fourth-order valence-corrected chi connectivity index (χ4v) is 2.73. The molecule has 0 aromatic heterocycles. The summed E-state index contributed by atoms with van der Waals surface area (Å²) in [6.07, 6.45) is 1.18. The van der Waals surface area contributed by atoms with Crippen molar-refractivity contribution in [3.8, 4) is 11.5 Å². The number of halogens is 1. The van der Waals surface area contributed by atoms with Crippen molar-refractivity contribution in [3.05, 3.63) is 54.1 Å². The van der Waals surface area contributed by atoms with Gasteiger partial charge in [-0.25, -0.2) is 8.42 Å². The van der Waals surface area contributed by atoms with E-state index >= 15 is 0 Å². The summed E-state index contributed by atoms with van der Waals surface area (Å²) < 4.78 is 28.7. The van der Waals surface area contributed by atoms with Crippen LogP contribution in [-0.4, -0.2) is 14.7 Å². The lowest BCUT2D eigenvalue weighted by atomic mass is 10.2. The fourth-order valence-electron chi connectivity index (χ4n) is 1.61. The van der Waals surface area contributed by atoms with Crippen molar-refractivity contribution in [3.63, 3.8) is 0 Å². The number of alkyl halides is 1. The van der Waals surface area contributed by atoms with E-state index < -0.39 is 9.84 Å². The standard InChI is InChI=1S/C14H13BrO3S/c1-19(16,17)13-7-4-6-12(9-13)18-14-8-3-2-5-11(14)10-15/h2-9H,10H2,1H3. The number of hydrogen-bond donors (Lipinski definition) is 0. The number of benzene rings is 2. The molecule has 0 fully saturated rings. The summed E-state index contributed by atoms with van der Waals surface area (Å²) in [4.78, 5) is 0.251. The van der Waals surface area contributed by atoms with Crippen molar-refractivity contribution in [1.29, 1.82) is 0 Å². The van der Waals surface area contributed by atoms with Crippen LogP contribution in [0.3, 0.4) is 0 Å². The summed E-state index contributed by atoms with van der Waals surface area (Å²) in [5, 5.41) is 0.676. The molecule has 3 nitrogen and oxygen atoms in total. The largest absolute Gasteiger partial charge is 0.457 e. The number of rotatable bonds is 4. The van der Waals surface area contributed by atoms with Crippen LogP contribution in [0.5, 0.6) is 11.5 Å². The SMILES string of the molecule is CS(=O)(=O)c1cccc(Oc2ccccc2CBr)c1. The molecule has 0 N–H and O–H groups in total. The van der Waals surface area contributed by atoms with Gasteiger partial charge < -0.3 is 4.74 Å². The first-order chi connectivity index (χ1) is 9.00. The lowest BCUT2D eigenvalue weighted by Gasteiger charge is -2.10. The molecule has 0 spiro atoms. The molecule has 5 heteroatoms. The summed E-state index contributed by atoms with van der Waals surface area (Å²) in [7, 11) is -3.22. The molecule has 0 atom stereocenters. The van der Waals surface area contributed by atoms with Crippen LogP contribution >= 0.6 is 15.9 Å². The lowest BCUT2D eigenvalue weighted by Crippen LogP contribution is -1.97. The van der Waals surface area contributed by atoms with Crippen molar-refractivity contribution in [2.75, 3.05) is 6.26 Å². The van der Waals surface area contributed by atoms with Gasteiger partial charge in [0.05, 0.1) is 4.90 Å². The first-order valence-corrected chi connectivity index (χ1v) is 8.64. The molecule has 2 aromatic rings. The molecule has 0 aliphatic carbocycles. The Balaban J connectivity index is 2.34. The highest BCUT2D eigenvalue weighted by atomic mass is 79.9. The Bertz CT molecular complexity index is 681. The van der Waals surface area contributed by atoms with Gasteiger partial charge in [-0.05, 0) is 24.3 Å². The third-order valence-electron chi connectivity index (χ3n) is 2.58. The fraction of sp³-hybridized carbons (Fsp3) is 0.143. The molecule has 2 aromatic carbocycles. The number of hydrogen-bond acceptors (Lipinski definition) is 3. The highest BCUT2D eigenvalue weighted by Crippen LogP contribution is 2.28.